The molecule has 0 spiro atoms. The second kappa shape index (κ2) is 1.82. The van der Waals surface area contributed by atoms with Crippen molar-refractivity contribution in [1.82, 2.24) is 0 Å². The average Bonchev–Trinajstić information content (AvgIpc) is 2.22. The summed E-state index contributed by atoms with van der Waals surface area (Å²) in [7, 11) is 0. The lowest BCUT2D eigenvalue weighted by Crippen LogP contribution is -1.85. The fourth-order valence-corrected chi connectivity index (χ4v) is 0.990. The lowest BCUT2D eigenvalue weighted by Gasteiger charge is -1.65. The van der Waals surface area contributed by atoms with Crippen LogP contribution in [-0.4, -0.2) is 11.9 Å². The number of hydrogen-bond donors (Lipinski definition) is 0. The summed E-state index contributed by atoms with van der Waals surface area (Å²) in [6.07, 6.45) is -0.0312. The number of alkyl halides is 1. The van der Waals surface area contributed by atoms with E-state index in [9.17, 15) is 8.60 Å². The molecule has 0 amide bonds. The topological polar surface area (TPSA) is 17.1 Å². The molecule has 0 N–H and O–H groups in total. The van der Waals surface area contributed by atoms with Gasteiger partial charge < -0.3 is 0 Å². The van der Waals surface area contributed by atoms with E-state index >= 15 is 0 Å². The Hall–Kier alpha value is -0.0500. The highest BCUT2D eigenvalue weighted by atomic mass is 32.1. The van der Waals surface area contributed by atoms with Crippen LogP contribution in [0.4, 0.5) is 4.39 Å². The van der Waals surface area contributed by atoms with Crippen molar-refractivity contribution in [1.29, 1.82) is 0 Å². The summed E-state index contributed by atoms with van der Waals surface area (Å²) in [4.78, 5) is 0. The summed E-state index contributed by atoms with van der Waals surface area (Å²) < 4.78 is 21.5. The monoisotopic (exact) mass is 121 g/mol. The van der Waals surface area contributed by atoms with Crippen LogP contribution in [0.25, 0.3) is 0 Å². The summed E-state index contributed by atoms with van der Waals surface area (Å²) in [5.74, 6) is 0.559. The van der Waals surface area contributed by atoms with Crippen LogP contribution < -0.4 is 0 Å². The van der Waals surface area contributed by atoms with Crippen molar-refractivity contribution in [2.45, 2.75) is 12.6 Å². The van der Waals surface area contributed by atoms with E-state index in [0.29, 0.717) is 23.8 Å². The van der Waals surface area contributed by atoms with Crippen LogP contribution in [0.5, 0.6) is 0 Å². The largest absolute Gasteiger partial charge is 0.459 e. The molecule has 0 bridgehead atoms. The van der Waals surface area contributed by atoms with E-state index in [2.05, 4.69) is 0 Å². The minimum atomic E-state index is -0.651. The van der Waals surface area contributed by atoms with Crippen LogP contribution in [0.1, 0.15) is 6.42 Å². The Bertz CT molecular complexity index is 85.8. The first-order valence-electron chi connectivity index (χ1n) is 2.23. The van der Waals surface area contributed by atoms with Crippen LogP contribution in [0.3, 0.4) is 0 Å². The van der Waals surface area contributed by atoms with Gasteiger partial charge in [-0.15, -0.1) is 0 Å². The molecule has 2 atom stereocenters. The Balaban J connectivity index is 2.08. The van der Waals surface area contributed by atoms with Crippen molar-refractivity contribution < 1.29 is 8.60 Å². The molecule has 2 unspecified atom stereocenters. The number of halogens is 1. The van der Waals surface area contributed by atoms with Crippen molar-refractivity contribution in [2.24, 2.45) is 5.92 Å². The molecular formula is C4H6FOS+. The van der Waals surface area contributed by atoms with E-state index in [4.69, 9.17) is 0 Å². The summed E-state index contributed by atoms with van der Waals surface area (Å²) in [5, 5.41) is 0. The molecule has 1 nitrogen and oxygen atoms in total. The first kappa shape index (κ1) is 5.09. The molecule has 1 aliphatic rings. The van der Waals surface area contributed by atoms with E-state index in [0.717, 1.165) is 0 Å². The zero-order valence-electron chi connectivity index (χ0n) is 3.76. The lowest BCUT2D eigenvalue weighted by atomic mass is 10.5. The molecule has 0 radical (unpaired) electrons. The molecule has 0 aromatic heterocycles. The van der Waals surface area contributed by atoms with Gasteiger partial charge in [-0.2, -0.15) is 0 Å². The van der Waals surface area contributed by atoms with Crippen molar-refractivity contribution in [3.8, 4) is 0 Å². The molecule has 7 heavy (non-hydrogen) atoms. The Kier molecular flexibility index (Phi) is 1.32. The van der Waals surface area contributed by atoms with Gasteiger partial charge >= 0.3 is 11.7 Å². The maximum absolute atomic E-state index is 11.8. The van der Waals surface area contributed by atoms with Gasteiger partial charge in [-0.05, 0) is 6.42 Å². The summed E-state index contributed by atoms with van der Waals surface area (Å²) in [6.45, 7) is 0. The van der Waals surface area contributed by atoms with Crippen LogP contribution in [0.15, 0.2) is 0 Å². The molecule has 0 saturated heterocycles. The fraction of sp³-hybridized carbons (Fsp3) is 1.00. The van der Waals surface area contributed by atoms with E-state index in [1.165, 1.54) is 0 Å². The highest BCUT2D eigenvalue weighted by molar-refractivity contribution is 7.65. The van der Waals surface area contributed by atoms with Crippen molar-refractivity contribution in [2.75, 3.05) is 5.75 Å². The summed E-state index contributed by atoms with van der Waals surface area (Å²) >= 11 is 0.486. The van der Waals surface area contributed by atoms with E-state index < -0.39 is 6.17 Å². The smallest absolute Gasteiger partial charge is 0.247 e. The Morgan fingerprint density at radius 2 is 2.43 bits per heavy atom. The quantitative estimate of drug-likeness (QED) is 0.493. The first-order chi connectivity index (χ1) is 3.34. The zero-order valence-corrected chi connectivity index (χ0v) is 4.58. The van der Waals surface area contributed by atoms with Gasteiger partial charge in [0.2, 0.25) is 5.75 Å². The third kappa shape index (κ3) is 1.16. The van der Waals surface area contributed by atoms with Gasteiger partial charge in [0.05, 0.1) is 5.92 Å². The molecule has 1 fully saturated rings. The molecule has 0 heterocycles. The average molecular weight is 121 g/mol. The molecule has 1 rings (SSSR count). The third-order valence-electron chi connectivity index (χ3n) is 1.12. The van der Waals surface area contributed by atoms with Crippen molar-refractivity contribution in [3.63, 3.8) is 0 Å². The Morgan fingerprint density at radius 1 is 1.86 bits per heavy atom. The van der Waals surface area contributed by atoms with Gasteiger partial charge in [-0.3, -0.25) is 0 Å². The maximum Gasteiger partial charge on any atom is 0.459 e. The van der Waals surface area contributed by atoms with Crippen LogP contribution in [-0.2, 0) is 15.9 Å². The molecule has 3 heteroatoms. The summed E-state index contributed by atoms with van der Waals surface area (Å²) in [5.41, 5.74) is 0. The maximum atomic E-state index is 11.8. The normalized spacial score (nSPS) is 37.9. The molecule has 0 aromatic carbocycles. The molecule has 1 saturated carbocycles. The van der Waals surface area contributed by atoms with Gasteiger partial charge in [0.25, 0.3) is 0 Å². The molecule has 1 aliphatic carbocycles. The van der Waals surface area contributed by atoms with E-state index in [-0.39, 0.29) is 5.92 Å². The molecule has 0 aliphatic heterocycles. The third-order valence-corrected chi connectivity index (χ3v) is 1.68. The van der Waals surface area contributed by atoms with E-state index in [1.807, 2.05) is 0 Å². The van der Waals surface area contributed by atoms with Crippen molar-refractivity contribution >= 4 is 11.7 Å². The van der Waals surface area contributed by atoms with Crippen LogP contribution in [0, 0.1) is 5.92 Å². The standard InChI is InChI=1S/C4H6FOS/c5-4-1-3(4)2-7-6/h3-4H,1-2H2/q+1. The minimum absolute atomic E-state index is 0.0995. The Labute approximate surface area is 45.4 Å². The lowest BCUT2D eigenvalue weighted by molar-refractivity contribution is 0.455. The highest BCUT2D eigenvalue weighted by Gasteiger charge is 2.41. The Morgan fingerprint density at radius 3 is 2.57 bits per heavy atom. The van der Waals surface area contributed by atoms with Gasteiger partial charge in [0.1, 0.15) is 6.17 Å². The van der Waals surface area contributed by atoms with Gasteiger partial charge in [0, 0.05) is 4.21 Å². The molecule has 0 aromatic rings. The highest BCUT2D eigenvalue weighted by Crippen LogP contribution is 2.33. The van der Waals surface area contributed by atoms with Gasteiger partial charge in [-0.1, -0.05) is 0 Å². The zero-order chi connectivity index (χ0) is 5.28. The second-order valence-corrected chi connectivity index (χ2v) is 2.37. The number of rotatable bonds is 2. The second-order valence-electron chi connectivity index (χ2n) is 1.80. The van der Waals surface area contributed by atoms with Crippen LogP contribution >= 0.6 is 0 Å². The van der Waals surface area contributed by atoms with Crippen LogP contribution in [0.2, 0.25) is 0 Å². The molecule has 40 valence electrons. The predicted molar refractivity (Wildman–Crippen MR) is 25.9 cm³/mol. The first-order valence-corrected chi connectivity index (χ1v) is 3.14. The van der Waals surface area contributed by atoms with Gasteiger partial charge in [-0.25, -0.2) is 4.39 Å². The summed E-state index contributed by atoms with van der Waals surface area (Å²) in [6, 6.07) is 0. The number of hydrogen-bond acceptors (Lipinski definition) is 1. The van der Waals surface area contributed by atoms with Crippen molar-refractivity contribution in [3.05, 3.63) is 0 Å². The SMILES string of the molecule is O=[S+]CC1CC1F. The minimum Gasteiger partial charge on any atom is -0.247 e. The molecular weight excluding hydrogens is 115 g/mol. The fourth-order valence-electron chi connectivity index (χ4n) is 0.471. The predicted octanol–water partition coefficient (Wildman–Crippen LogP) is 0.772. The van der Waals surface area contributed by atoms with Gasteiger partial charge in [0.15, 0.2) is 0 Å². The van der Waals surface area contributed by atoms with E-state index in [1.54, 1.807) is 0 Å².